The highest BCUT2D eigenvalue weighted by atomic mass is 79.9. The topological polar surface area (TPSA) is 0 Å². The van der Waals surface area contributed by atoms with Crippen LogP contribution in [0.1, 0.15) is 42.2 Å². The van der Waals surface area contributed by atoms with Crippen LogP contribution in [0.5, 0.6) is 0 Å². The summed E-state index contributed by atoms with van der Waals surface area (Å²) in [6.45, 7) is 6.60. The van der Waals surface area contributed by atoms with E-state index in [2.05, 4.69) is 54.9 Å². The molecule has 1 heterocycles. The van der Waals surface area contributed by atoms with Crippen LogP contribution >= 0.6 is 50.5 Å². The van der Waals surface area contributed by atoms with Crippen molar-refractivity contribution in [3.05, 3.63) is 55.1 Å². The van der Waals surface area contributed by atoms with Crippen LogP contribution in [0.3, 0.4) is 0 Å². The zero-order chi connectivity index (χ0) is 14.2. The van der Waals surface area contributed by atoms with Gasteiger partial charge in [-0.3, -0.25) is 0 Å². The summed E-state index contributed by atoms with van der Waals surface area (Å²) >= 11 is 17.7. The maximum Gasteiger partial charge on any atom is 0.107 e. The number of hydrogen-bond donors (Lipinski definition) is 0. The molecule has 0 N–H and O–H groups in total. The second kappa shape index (κ2) is 5.77. The molecule has 2 aromatic rings. The van der Waals surface area contributed by atoms with Gasteiger partial charge >= 0.3 is 0 Å². The third-order valence-corrected chi connectivity index (χ3v) is 6.10. The molecule has 0 nitrogen and oxygen atoms in total. The molecule has 1 aromatic heterocycles. The van der Waals surface area contributed by atoms with E-state index < -0.39 is 0 Å². The Hall–Kier alpha value is -0.0200. The first kappa shape index (κ1) is 15.4. The molecule has 1 aromatic carbocycles. The van der Waals surface area contributed by atoms with Crippen molar-refractivity contribution >= 4 is 50.5 Å². The normalized spacial score (nSPS) is 13.6. The second-order valence-corrected chi connectivity index (χ2v) is 8.45. The Bertz CT molecular complexity index is 565. The third kappa shape index (κ3) is 3.36. The molecule has 0 saturated carbocycles. The Kier molecular flexibility index (Phi) is 4.67. The molecular weight excluding hydrogens is 363 g/mol. The smallest absolute Gasteiger partial charge is 0.107 e. The Labute approximate surface area is 136 Å². The van der Waals surface area contributed by atoms with Gasteiger partial charge in [0.2, 0.25) is 0 Å². The molecule has 1 unspecified atom stereocenters. The molecule has 4 heteroatoms. The van der Waals surface area contributed by atoms with Gasteiger partial charge in [-0.25, -0.2) is 0 Å². The number of benzene rings is 1. The van der Waals surface area contributed by atoms with Crippen molar-refractivity contribution in [1.82, 2.24) is 0 Å². The first-order chi connectivity index (χ1) is 8.80. The van der Waals surface area contributed by atoms with Gasteiger partial charge in [-0.2, -0.15) is 0 Å². The molecule has 0 bridgehead atoms. The number of halogens is 3. The third-order valence-electron chi connectivity index (χ3n) is 2.96. The summed E-state index contributed by atoms with van der Waals surface area (Å²) in [6, 6.07) is 10.3. The van der Waals surface area contributed by atoms with E-state index in [1.807, 2.05) is 12.1 Å². The predicted octanol–water partition coefficient (Wildman–Crippen LogP) is 6.79. The van der Waals surface area contributed by atoms with Crippen molar-refractivity contribution in [3.8, 4) is 0 Å². The molecule has 1 atom stereocenters. The zero-order valence-electron chi connectivity index (χ0n) is 11.0. The van der Waals surface area contributed by atoms with E-state index in [0.717, 1.165) is 19.2 Å². The maximum absolute atomic E-state index is 6.66. The highest BCUT2D eigenvalue weighted by Crippen LogP contribution is 2.42. The molecule has 0 aliphatic heterocycles. The van der Waals surface area contributed by atoms with Crippen LogP contribution in [0, 0.1) is 0 Å². The first-order valence-corrected chi connectivity index (χ1v) is 8.41. The summed E-state index contributed by atoms with van der Waals surface area (Å²) in [5.41, 5.74) is 2.50. The van der Waals surface area contributed by atoms with Gasteiger partial charge in [0, 0.05) is 9.35 Å². The average molecular weight is 378 g/mol. The standard InChI is InChI=1S/C15H15BrCl2S/c1-15(2,3)10-7-5-4-6-9(10)13(17)12-8-11(16)14(18)19-12/h4-8,13H,1-3H3. The fourth-order valence-corrected chi connectivity index (χ4v) is 4.16. The Morgan fingerprint density at radius 2 is 1.84 bits per heavy atom. The summed E-state index contributed by atoms with van der Waals surface area (Å²) in [7, 11) is 0. The lowest BCUT2D eigenvalue weighted by Gasteiger charge is -2.24. The summed E-state index contributed by atoms with van der Waals surface area (Å²) < 4.78 is 1.65. The van der Waals surface area contributed by atoms with Gasteiger partial charge in [0.15, 0.2) is 0 Å². The van der Waals surface area contributed by atoms with Crippen molar-refractivity contribution < 1.29 is 0 Å². The van der Waals surface area contributed by atoms with Crippen LogP contribution in [-0.4, -0.2) is 0 Å². The summed E-state index contributed by atoms with van der Waals surface area (Å²) in [5, 5.41) is -0.163. The molecule has 0 spiro atoms. The highest BCUT2D eigenvalue weighted by molar-refractivity contribution is 9.10. The van der Waals surface area contributed by atoms with Gasteiger partial charge in [0.25, 0.3) is 0 Å². The van der Waals surface area contributed by atoms with E-state index in [9.17, 15) is 0 Å². The lowest BCUT2D eigenvalue weighted by atomic mass is 9.83. The van der Waals surface area contributed by atoms with Crippen molar-refractivity contribution in [1.29, 1.82) is 0 Å². The Balaban J connectivity index is 2.47. The molecular formula is C15H15BrCl2S. The van der Waals surface area contributed by atoms with Crippen molar-refractivity contribution in [3.63, 3.8) is 0 Å². The molecule has 0 saturated heterocycles. The SMILES string of the molecule is CC(C)(C)c1ccccc1C(Cl)c1cc(Br)c(Cl)s1. The molecule has 2 rings (SSSR count). The van der Waals surface area contributed by atoms with Gasteiger partial charge in [0.1, 0.15) is 4.34 Å². The fourth-order valence-electron chi connectivity index (χ4n) is 2.04. The number of thiophene rings is 1. The first-order valence-electron chi connectivity index (χ1n) is 5.99. The largest absolute Gasteiger partial charge is 0.125 e. The maximum atomic E-state index is 6.66. The van der Waals surface area contributed by atoms with E-state index >= 15 is 0 Å². The van der Waals surface area contributed by atoms with Crippen LogP contribution in [0.15, 0.2) is 34.8 Å². The van der Waals surface area contributed by atoms with Crippen LogP contribution in [-0.2, 0) is 5.41 Å². The molecule has 0 amide bonds. The molecule has 19 heavy (non-hydrogen) atoms. The van der Waals surface area contributed by atoms with Crippen molar-refractivity contribution in [2.45, 2.75) is 31.6 Å². The summed E-state index contributed by atoms with van der Waals surface area (Å²) in [6.07, 6.45) is 0. The van der Waals surface area contributed by atoms with Crippen molar-refractivity contribution in [2.24, 2.45) is 0 Å². The van der Waals surface area contributed by atoms with Gasteiger partial charge in [-0.1, -0.05) is 56.6 Å². The van der Waals surface area contributed by atoms with Gasteiger partial charge in [-0.15, -0.1) is 22.9 Å². The second-order valence-electron chi connectivity index (χ2n) is 5.47. The minimum atomic E-state index is -0.163. The minimum absolute atomic E-state index is 0.0714. The monoisotopic (exact) mass is 376 g/mol. The van der Waals surface area contributed by atoms with Crippen molar-refractivity contribution in [2.75, 3.05) is 0 Å². The van der Waals surface area contributed by atoms with E-state index in [-0.39, 0.29) is 10.8 Å². The van der Waals surface area contributed by atoms with Crippen LogP contribution in [0.25, 0.3) is 0 Å². The number of alkyl halides is 1. The molecule has 0 aliphatic rings. The fraction of sp³-hybridized carbons (Fsp3) is 0.333. The predicted molar refractivity (Wildman–Crippen MR) is 89.9 cm³/mol. The van der Waals surface area contributed by atoms with E-state index in [0.29, 0.717) is 0 Å². The van der Waals surface area contributed by atoms with Gasteiger partial charge in [-0.05, 0) is 38.5 Å². The Morgan fingerprint density at radius 1 is 1.21 bits per heavy atom. The van der Waals surface area contributed by atoms with Crippen LogP contribution in [0.4, 0.5) is 0 Å². The lowest BCUT2D eigenvalue weighted by molar-refractivity contribution is 0.583. The van der Waals surface area contributed by atoms with E-state index in [4.69, 9.17) is 23.2 Å². The van der Waals surface area contributed by atoms with Crippen LogP contribution in [0.2, 0.25) is 4.34 Å². The zero-order valence-corrected chi connectivity index (χ0v) is 14.9. The summed E-state index contributed by atoms with van der Waals surface area (Å²) in [4.78, 5) is 1.07. The quantitative estimate of drug-likeness (QED) is 0.505. The Morgan fingerprint density at radius 3 is 2.37 bits per heavy atom. The van der Waals surface area contributed by atoms with Crippen LogP contribution < -0.4 is 0 Å². The highest BCUT2D eigenvalue weighted by Gasteiger charge is 2.23. The number of rotatable bonds is 2. The summed E-state index contributed by atoms with van der Waals surface area (Å²) in [5.74, 6) is 0. The number of hydrogen-bond acceptors (Lipinski definition) is 1. The minimum Gasteiger partial charge on any atom is -0.125 e. The molecule has 0 aliphatic carbocycles. The molecule has 102 valence electrons. The lowest BCUT2D eigenvalue weighted by Crippen LogP contribution is -2.14. The molecule has 0 radical (unpaired) electrons. The van der Waals surface area contributed by atoms with Gasteiger partial charge in [0.05, 0.1) is 5.38 Å². The average Bonchev–Trinajstić information content (AvgIpc) is 2.68. The van der Waals surface area contributed by atoms with E-state index in [1.165, 1.54) is 16.9 Å². The molecule has 0 fully saturated rings. The van der Waals surface area contributed by atoms with E-state index in [1.54, 1.807) is 0 Å². The van der Waals surface area contributed by atoms with Gasteiger partial charge < -0.3 is 0 Å².